The topological polar surface area (TPSA) is 8.81 Å². The predicted molar refractivity (Wildman–Crippen MR) is 96.9 cm³/mol. The van der Waals surface area contributed by atoms with Gasteiger partial charge < -0.3 is 0 Å². The van der Waals surface area contributed by atoms with E-state index in [1.165, 1.54) is 37.5 Å². The monoisotopic (exact) mass is 309 g/mol. The molecule has 0 amide bonds. The van der Waals surface area contributed by atoms with Crippen LogP contribution in [0.3, 0.4) is 0 Å². The summed E-state index contributed by atoms with van der Waals surface area (Å²) in [6.07, 6.45) is 10.4. The number of aryl methyl sites for hydroxylation is 3. The summed E-state index contributed by atoms with van der Waals surface area (Å²) in [5.41, 5.74) is 3.89. The molecule has 0 spiro atoms. The first-order valence-electron chi connectivity index (χ1n) is 7.41. The molecule has 0 unspecified atom stereocenters. The Hall–Kier alpha value is -2.13. The highest BCUT2D eigenvalue weighted by molar-refractivity contribution is 7.20. The summed E-state index contributed by atoms with van der Waals surface area (Å²) in [5, 5.41) is 1.31. The molecule has 0 fully saturated rings. The van der Waals surface area contributed by atoms with E-state index in [9.17, 15) is 0 Å². The Kier molecular flexibility index (Phi) is 3.75. The zero-order chi connectivity index (χ0) is 15.9. The van der Waals surface area contributed by atoms with Gasteiger partial charge >= 0.3 is 0 Å². The van der Waals surface area contributed by atoms with E-state index in [-0.39, 0.29) is 0 Å². The minimum Gasteiger partial charge on any atom is -0.233 e. The van der Waals surface area contributed by atoms with E-state index in [1.807, 2.05) is 17.4 Å². The third kappa shape index (κ3) is 2.13. The SMILES string of the molecule is C=Cc1sc2c(-c3n(C)cc[n+]3C)c(C)ccc2c1/C=C\C. The molecule has 112 valence electrons. The number of rotatable bonds is 3. The normalized spacial score (nSPS) is 11.6. The van der Waals surface area contributed by atoms with Crippen molar-refractivity contribution in [3.63, 3.8) is 0 Å². The first kappa shape index (κ1) is 14.8. The van der Waals surface area contributed by atoms with Crippen LogP contribution in [0.4, 0.5) is 0 Å². The summed E-state index contributed by atoms with van der Waals surface area (Å²) in [6, 6.07) is 4.45. The zero-order valence-corrected chi connectivity index (χ0v) is 14.4. The van der Waals surface area contributed by atoms with Crippen LogP contribution in [0.1, 0.15) is 22.9 Å². The van der Waals surface area contributed by atoms with Crippen LogP contribution < -0.4 is 4.57 Å². The van der Waals surface area contributed by atoms with Crippen molar-refractivity contribution in [2.45, 2.75) is 13.8 Å². The molecule has 0 aliphatic rings. The van der Waals surface area contributed by atoms with Crippen LogP contribution in [-0.4, -0.2) is 4.57 Å². The smallest absolute Gasteiger partial charge is 0.233 e. The fourth-order valence-corrected chi connectivity index (χ4v) is 4.24. The standard InChI is InChI=1S/C19H21N2S/c1-6-8-14-15-10-9-13(3)17(18(15)22-16(14)7-2)19-20(4)11-12-21(19)5/h6-12H,2H2,1,3-5H3/q+1/b8-6-. The molecule has 0 saturated heterocycles. The van der Waals surface area contributed by atoms with Gasteiger partial charge in [-0.25, -0.2) is 9.13 Å². The molecule has 22 heavy (non-hydrogen) atoms. The number of nitrogens with zero attached hydrogens (tertiary/aromatic N) is 2. The molecule has 0 aliphatic heterocycles. The molecule has 2 nitrogen and oxygen atoms in total. The van der Waals surface area contributed by atoms with Gasteiger partial charge in [0.2, 0.25) is 0 Å². The van der Waals surface area contributed by atoms with E-state index in [1.54, 1.807) is 0 Å². The van der Waals surface area contributed by atoms with Crippen LogP contribution in [-0.2, 0) is 14.1 Å². The number of aromatic nitrogens is 2. The Bertz CT molecular complexity index is 874. The van der Waals surface area contributed by atoms with Crippen LogP contribution >= 0.6 is 11.3 Å². The second kappa shape index (κ2) is 5.58. The molecular weight excluding hydrogens is 288 g/mol. The van der Waals surface area contributed by atoms with E-state index in [4.69, 9.17) is 0 Å². The second-order valence-corrected chi connectivity index (χ2v) is 6.61. The van der Waals surface area contributed by atoms with Gasteiger partial charge in [-0.15, -0.1) is 11.3 Å². The number of fused-ring (bicyclic) bond motifs is 1. The van der Waals surface area contributed by atoms with Crippen molar-refractivity contribution in [3.8, 4) is 11.4 Å². The maximum atomic E-state index is 3.99. The number of benzene rings is 1. The first-order valence-corrected chi connectivity index (χ1v) is 8.22. The Morgan fingerprint density at radius 3 is 2.68 bits per heavy atom. The first-order chi connectivity index (χ1) is 10.6. The molecular formula is C19H21N2S+. The highest BCUT2D eigenvalue weighted by Gasteiger charge is 2.22. The molecule has 0 N–H and O–H groups in total. The molecule has 2 aromatic heterocycles. The molecule has 1 aromatic carbocycles. The van der Waals surface area contributed by atoms with Gasteiger partial charge in [0, 0.05) is 10.3 Å². The molecule has 0 aliphatic carbocycles. The van der Waals surface area contributed by atoms with Gasteiger partial charge in [0.25, 0.3) is 5.82 Å². The summed E-state index contributed by atoms with van der Waals surface area (Å²) < 4.78 is 5.70. The average molecular weight is 309 g/mol. The van der Waals surface area contributed by atoms with Gasteiger partial charge in [0.15, 0.2) is 0 Å². The van der Waals surface area contributed by atoms with Crippen molar-refractivity contribution in [1.82, 2.24) is 4.57 Å². The maximum absolute atomic E-state index is 3.99. The molecule has 3 aromatic rings. The van der Waals surface area contributed by atoms with Gasteiger partial charge in [-0.2, -0.15) is 0 Å². The lowest BCUT2D eigenvalue weighted by atomic mass is 10.0. The van der Waals surface area contributed by atoms with Gasteiger partial charge in [-0.1, -0.05) is 36.9 Å². The summed E-state index contributed by atoms with van der Waals surface area (Å²) in [5.74, 6) is 1.23. The van der Waals surface area contributed by atoms with E-state index < -0.39 is 0 Å². The Morgan fingerprint density at radius 1 is 1.32 bits per heavy atom. The molecule has 2 heterocycles. The van der Waals surface area contributed by atoms with Crippen molar-refractivity contribution in [3.05, 3.63) is 53.2 Å². The van der Waals surface area contributed by atoms with Gasteiger partial charge in [0.05, 0.1) is 24.4 Å². The van der Waals surface area contributed by atoms with Crippen LogP contribution in [0, 0.1) is 6.92 Å². The molecule has 0 radical (unpaired) electrons. The molecule has 3 rings (SSSR count). The van der Waals surface area contributed by atoms with Crippen molar-refractivity contribution in [1.29, 1.82) is 0 Å². The summed E-state index contributed by atoms with van der Waals surface area (Å²) in [6.45, 7) is 8.23. The third-order valence-corrected chi connectivity index (χ3v) is 5.29. The minimum absolute atomic E-state index is 1.23. The Morgan fingerprint density at radius 2 is 2.09 bits per heavy atom. The second-order valence-electron chi connectivity index (χ2n) is 5.56. The fraction of sp³-hybridized carbons (Fsp3) is 0.211. The van der Waals surface area contributed by atoms with Gasteiger partial charge in [-0.05, 0) is 25.0 Å². The number of thiophene rings is 1. The van der Waals surface area contributed by atoms with E-state index in [2.05, 4.69) is 80.3 Å². The van der Waals surface area contributed by atoms with Gasteiger partial charge in [-0.3, -0.25) is 0 Å². The third-order valence-electron chi connectivity index (χ3n) is 4.06. The number of allylic oxidation sites excluding steroid dienone is 1. The fourth-order valence-electron chi connectivity index (χ4n) is 3.01. The lowest BCUT2D eigenvalue weighted by molar-refractivity contribution is -0.659. The highest BCUT2D eigenvalue weighted by Crippen LogP contribution is 2.40. The van der Waals surface area contributed by atoms with E-state index in [0.29, 0.717) is 0 Å². The van der Waals surface area contributed by atoms with Crippen molar-refractivity contribution < 1.29 is 4.57 Å². The van der Waals surface area contributed by atoms with Crippen LogP contribution in [0.15, 0.2) is 37.2 Å². The number of imidazole rings is 1. The van der Waals surface area contributed by atoms with Gasteiger partial charge in [0.1, 0.15) is 12.4 Å². The molecule has 0 atom stereocenters. The minimum atomic E-state index is 1.23. The summed E-state index contributed by atoms with van der Waals surface area (Å²) >= 11 is 1.82. The van der Waals surface area contributed by atoms with Crippen molar-refractivity contribution in [2.75, 3.05) is 0 Å². The summed E-state index contributed by atoms with van der Waals surface area (Å²) in [4.78, 5) is 1.23. The zero-order valence-electron chi connectivity index (χ0n) is 13.6. The molecule has 3 heteroatoms. The van der Waals surface area contributed by atoms with Crippen LogP contribution in [0.5, 0.6) is 0 Å². The number of hydrogen-bond donors (Lipinski definition) is 0. The summed E-state index contributed by atoms with van der Waals surface area (Å²) in [7, 11) is 4.20. The Balaban J connectivity index is 2.45. The maximum Gasteiger partial charge on any atom is 0.290 e. The van der Waals surface area contributed by atoms with Crippen molar-refractivity contribution >= 4 is 33.6 Å². The van der Waals surface area contributed by atoms with Crippen molar-refractivity contribution in [2.24, 2.45) is 14.1 Å². The number of hydrogen-bond acceptors (Lipinski definition) is 1. The lowest BCUT2D eigenvalue weighted by Crippen LogP contribution is -2.29. The van der Waals surface area contributed by atoms with E-state index >= 15 is 0 Å². The highest BCUT2D eigenvalue weighted by atomic mass is 32.1. The van der Waals surface area contributed by atoms with Crippen LogP contribution in [0.25, 0.3) is 33.6 Å². The molecule has 0 bridgehead atoms. The largest absolute Gasteiger partial charge is 0.290 e. The quantitative estimate of drug-likeness (QED) is 0.619. The Labute approximate surface area is 135 Å². The average Bonchev–Trinajstić information content (AvgIpc) is 3.01. The lowest BCUT2D eigenvalue weighted by Gasteiger charge is -2.05. The molecule has 0 saturated carbocycles. The predicted octanol–water partition coefficient (Wildman–Crippen LogP) is 4.72. The van der Waals surface area contributed by atoms with E-state index in [0.717, 1.165) is 0 Å². The van der Waals surface area contributed by atoms with Crippen LogP contribution in [0.2, 0.25) is 0 Å².